The average Bonchev–Trinajstić information content (AvgIpc) is 2.48. The van der Waals surface area contributed by atoms with E-state index in [9.17, 15) is 0 Å². The molecule has 0 spiro atoms. The molecule has 2 aromatic rings. The van der Waals surface area contributed by atoms with Gasteiger partial charge in [0.1, 0.15) is 5.82 Å². The number of rotatable bonds is 6. The summed E-state index contributed by atoms with van der Waals surface area (Å²) in [5.74, 6) is 1.65. The lowest BCUT2D eigenvalue weighted by molar-refractivity contribution is 0.263. The Morgan fingerprint density at radius 2 is 1.86 bits per heavy atom. The Morgan fingerprint density at radius 1 is 1.14 bits per heavy atom. The molecule has 1 unspecified atom stereocenters. The van der Waals surface area contributed by atoms with Gasteiger partial charge in [0.25, 0.3) is 0 Å². The van der Waals surface area contributed by atoms with Crippen LogP contribution in [0.25, 0.3) is 0 Å². The predicted molar refractivity (Wildman–Crippen MR) is 85.3 cm³/mol. The molecule has 0 aromatic carbocycles. The summed E-state index contributed by atoms with van der Waals surface area (Å²) in [6.45, 7) is 6.84. The van der Waals surface area contributed by atoms with E-state index in [-0.39, 0.29) is 6.04 Å². The summed E-state index contributed by atoms with van der Waals surface area (Å²) in [5, 5.41) is 3.34. The van der Waals surface area contributed by atoms with E-state index in [1.165, 1.54) is 0 Å². The van der Waals surface area contributed by atoms with Crippen molar-refractivity contribution in [2.45, 2.75) is 26.8 Å². The van der Waals surface area contributed by atoms with Crippen molar-refractivity contribution < 1.29 is 4.74 Å². The highest BCUT2D eigenvalue weighted by Crippen LogP contribution is 2.24. The van der Waals surface area contributed by atoms with Crippen LogP contribution in [-0.4, -0.2) is 16.6 Å². The quantitative estimate of drug-likeness (QED) is 0.852. The van der Waals surface area contributed by atoms with Crippen molar-refractivity contribution in [2.24, 2.45) is 5.92 Å². The zero-order valence-corrected chi connectivity index (χ0v) is 12.7. The molecule has 0 radical (unpaired) electrons. The first-order chi connectivity index (χ1) is 10.1. The largest absolute Gasteiger partial charge is 0.476 e. The first-order valence-corrected chi connectivity index (χ1v) is 7.12. The number of pyridine rings is 2. The van der Waals surface area contributed by atoms with Crippen LogP contribution in [0.2, 0.25) is 0 Å². The third-order valence-electron chi connectivity index (χ3n) is 3.01. The lowest BCUT2D eigenvalue weighted by atomic mass is 10.1. The Labute approximate surface area is 125 Å². The number of nitrogens with two attached hydrogens (primary N) is 1. The maximum absolute atomic E-state index is 5.89. The normalized spacial score (nSPS) is 12.2. The fraction of sp³-hybridized carbons (Fsp3) is 0.375. The van der Waals surface area contributed by atoms with Crippen LogP contribution in [0.4, 0.5) is 11.5 Å². The predicted octanol–water partition coefficient (Wildman–Crippen LogP) is 3.27. The van der Waals surface area contributed by atoms with Gasteiger partial charge in [-0.25, -0.2) is 0 Å². The monoisotopic (exact) mass is 286 g/mol. The first kappa shape index (κ1) is 15.1. The van der Waals surface area contributed by atoms with E-state index in [1.807, 2.05) is 24.3 Å². The van der Waals surface area contributed by atoms with Gasteiger partial charge in [-0.2, -0.15) is 4.98 Å². The lowest BCUT2D eigenvalue weighted by Gasteiger charge is -2.16. The Kier molecular flexibility index (Phi) is 4.98. The first-order valence-electron chi connectivity index (χ1n) is 7.12. The molecular formula is C16H22N4O. The summed E-state index contributed by atoms with van der Waals surface area (Å²) in [5.41, 5.74) is 7.59. The second-order valence-electron chi connectivity index (χ2n) is 5.44. The summed E-state index contributed by atoms with van der Waals surface area (Å²) in [6, 6.07) is 7.75. The van der Waals surface area contributed by atoms with Crippen molar-refractivity contribution in [1.29, 1.82) is 0 Å². The summed E-state index contributed by atoms with van der Waals surface area (Å²) in [7, 11) is 0. The maximum Gasteiger partial charge on any atom is 0.239 e. The third-order valence-corrected chi connectivity index (χ3v) is 3.01. The molecular weight excluding hydrogens is 264 g/mol. The van der Waals surface area contributed by atoms with Gasteiger partial charge in [0.2, 0.25) is 5.88 Å². The minimum absolute atomic E-state index is 0.127. The molecule has 1 atom stereocenters. The van der Waals surface area contributed by atoms with Gasteiger partial charge in [0, 0.05) is 12.4 Å². The average molecular weight is 286 g/mol. The van der Waals surface area contributed by atoms with Gasteiger partial charge in [0.05, 0.1) is 18.3 Å². The van der Waals surface area contributed by atoms with Gasteiger partial charge < -0.3 is 15.8 Å². The van der Waals surface area contributed by atoms with Gasteiger partial charge in [-0.3, -0.25) is 4.98 Å². The minimum Gasteiger partial charge on any atom is -0.476 e. The molecule has 0 amide bonds. The van der Waals surface area contributed by atoms with Crippen LogP contribution in [0.3, 0.4) is 0 Å². The molecule has 21 heavy (non-hydrogen) atoms. The molecule has 0 fully saturated rings. The molecule has 112 valence electrons. The van der Waals surface area contributed by atoms with Crippen LogP contribution >= 0.6 is 0 Å². The second-order valence-corrected chi connectivity index (χ2v) is 5.44. The number of hydrogen-bond acceptors (Lipinski definition) is 5. The van der Waals surface area contributed by atoms with Gasteiger partial charge >= 0.3 is 0 Å². The van der Waals surface area contributed by atoms with Crippen LogP contribution in [0, 0.1) is 5.92 Å². The van der Waals surface area contributed by atoms with Crippen molar-refractivity contribution in [3.8, 4) is 5.88 Å². The van der Waals surface area contributed by atoms with Crippen LogP contribution in [0.15, 0.2) is 36.7 Å². The van der Waals surface area contributed by atoms with Crippen LogP contribution in [0.1, 0.15) is 32.4 Å². The summed E-state index contributed by atoms with van der Waals surface area (Å²) in [6.07, 6.45) is 3.56. The van der Waals surface area contributed by atoms with Crippen molar-refractivity contribution in [1.82, 2.24) is 9.97 Å². The van der Waals surface area contributed by atoms with Crippen LogP contribution in [0.5, 0.6) is 5.88 Å². The molecule has 0 aliphatic heterocycles. The molecule has 5 nitrogen and oxygen atoms in total. The molecule has 0 saturated carbocycles. The number of anilines is 2. The molecule has 2 aromatic heterocycles. The smallest absolute Gasteiger partial charge is 0.239 e. The standard InChI is InChI=1S/C16H22N4O/c1-11(2)10-21-16-14(17)4-5-15(20-16)19-12(3)13-6-8-18-9-7-13/h4-9,11-12H,10,17H2,1-3H3,(H,19,20). The molecule has 2 rings (SSSR count). The zero-order valence-electron chi connectivity index (χ0n) is 12.7. The molecule has 0 aliphatic carbocycles. The van der Waals surface area contributed by atoms with Crippen LogP contribution < -0.4 is 15.8 Å². The lowest BCUT2D eigenvalue weighted by Crippen LogP contribution is -2.11. The maximum atomic E-state index is 5.89. The topological polar surface area (TPSA) is 73.1 Å². The van der Waals surface area contributed by atoms with E-state index in [2.05, 4.69) is 36.1 Å². The molecule has 0 aliphatic rings. The fourth-order valence-electron chi connectivity index (χ4n) is 1.85. The Hall–Kier alpha value is -2.30. The summed E-state index contributed by atoms with van der Waals surface area (Å²) in [4.78, 5) is 8.46. The summed E-state index contributed by atoms with van der Waals surface area (Å²) >= 11 is 0. The number of nitrogen functional groups attached to an aromatic ring is 1. The molecule has 0 bridgehead atoms. The van der Waals surface area contributed by atoms with E-state index in [1.54, 1.807) is 12.4 Å². The van der Waals surface area contributed by atoms with E-state index in [0.29, 0.717) is 24.1 Å². The molecule has 0 saturated heterocycles. The van der Waals surface area contributed by atoms with Gasteiger partial charge in [-0.1, -0.05) is 13.8 Å². The van der Waals surface area contributed by atoms with E-state index < -0.39 is 0 Å². The number of hydrogen-bond donors (Lipinski definition) is 2. The molecule has 2 heterocycles. The number of ether oxygens (including phenoxy) is 1. The molecule has 5 heteroatoms. The van der Waals surface area contributed by atoms with Crippen molar-refractivity contribution in [3.63, 3.8) is 0 Å². The third kappa shape index (κ3) is 4.34. The van der Waals surface area contributed by atoms with Gasteiger partial charge in [-0.15, -0.1) is 0 Å². The van der Waals surface area contributed by atoms with E-state index in [4.69, 9.17) is 10.5 Å². The zero-order chi connectivity index (χ0) is 15.2. The highest BCUT2D eigenvalue weighted by molar-refractivity contribution is 5.54. The number of aromatic nitrogens is 2. The van der Waals surface area contributed by atoms with E-state index >= 15 is 0 Å². The Bertz CT molecular complexity index is 572. The van der Waals surface area contributed by atoms with Crippen molar-refractivity contribution >= 4 is 11.5 Å². The number of nitrogens with one attached hydrogen (secondary N) is 1. The van der Waals surface area contributed by atoms with E-state index in [0.717, 1.165) is 11.4 Å². The Morgan fingerprint density at radius 3 is 2.52 bits per heavy atom. The SMILES string of the molecule is CC(C)COc1nc(NC(C)c2ccncc2)ccc1N. The van der Waals surface area contributed by atoms with Crippen molar-refractivity contribution in [2.75, 3.05) is 17.7 Å². The number of nitrogens with zero attached hydrogens (tertiary/aromatic N) is 2. The summed E-state index contributed by atoms with van der Waals surface area (Å²) < 4.78 is 5.64. The molecule has 3 N–H and O–H groups in total. The van der Waals surface area contributed by atoms with Gasteiger partial charge in [0.15, 0.2) is 0 Å². The Balaban J connectivity index is 2.08. The van der Waals surface area contributed by atoms with Crippen LogP contribution in [-0.2, 0) is 0 Å². The second kappa shape index (κ2) is 6.92. The minimum atomic E-state index is 0.127. The van der Waals surface area contributed by atoms with Crippen molar-refractivity contribution in [3.05, 3.63) is 42.2 Å². The highest BCUT2D eigenvalue weighted by Gasteiger charge is 2.09. The highest BCUT2D eigenvalue weighted by atomic mass is 16.5. The fourth-order valence-corrected chi connectivity index (χ4v) is 1.85. The van der Waals surface area contributed by atoms with Gasteiger partial charge in [-0.05, 0) is 42.7 Å².